The molecule has 158 valence electrons. The lowest BCUT2D eigenvalue weighted by Gasteiger charge is -2.34. The van der Waals surface area contributed by atoms with Crippen molar-refractivity contribution >= 4 is 47.7 Å². The van der Waals surface area contributed by atoms with Crippen LogP contribution in [-0.4, -0.2) is 102 Å². The van der Waals surface area contributed by atoms with Gasteiger partial charge in [0.25, 0.3) is 4.29 Å². The summed E-state index contributed by atoms with van der Waals surface area (Å²) in [5.74, 6) is -2.52. The number of carboxylic acid groups (broad SMARTS) is 1. The Balaban J connectivity index is 5.21. The van der Waals surface area contributed by atoms with Gasteiger partial charge in [0.1, 0.15) is 5.54 Å². The summed E-state index contributed by atoms with van der Waals surface area (Å²) in [7, 11) is 2.36. The number of hydrogen-bond donors (Lipinski definition) is 5. The lowest BCUT2D eigenvalue weighted by molar-refractivity contribution is -0.139. The molecule has 0 aromatic rings. The molecular formula is C14H28BINO9P. The molecule has 2 atom stereocenters. The Morgan fingerprint density at radius 2 is 1.41 bits per heavy atom. The number of halogens is 1. The molecule has 2 unspecified atom stereocenters. The van der Waals surface area contributed by atoms with Crippen molar-refractivity contribution in [3.63, 3.8) is 0 Å². The third-order valence-electron chi connectivity index (χ3n) is 3.35. The minimum atomic E-state index is -1.17. The molecule has 5 N–H and O–H groups in total. The van der Waals surface area contributed by atoms with Gasteiger partial charge in [0.2, 0.25) is 5.91 Å². The maximum atomic E-state index is 12.5. The number of nitrogens with one attached hydrogen (secondary N) is 1. The highest BCUT2D eigenvalue weighted by molar-refractivity contribution is 14.1. The van der Waals surface area contributed by atoms with Crippen LogP contribution in [0.2, 0.25) is 5.82 Å². The lowest BCUT2D eigenvalue weighted by atomic mass is 9.82. The molecule has 0 bridgehead atoms. The number of aliphatic carboxylic acids is 1. The zero-order valence-corrected chi connectivity index (χ0v) is 18.3. The van der Waals surface area contributed by atoms with E-state index in [1.165, 1.54) is 0 Å². The Morgan fingerprint density at radius 3 is 1.70 bits per heavy atom. The molecule has 0 saturated heterocycles. The number of aliphatic hydroxyl groups excluding tert-OH is 3. The summed E-state index contributed by atoms with van der Waals surface area (Å²) in [4.78, 5) is 23.8. The van der Waals surface area contributed by atoms with Crippen molar-refractivity contribution in [1.82, 2.24) is 5.32 Å². The standard InChI is InChI=1S/C14H28BINO9P/c16-15(27)11(13(22)23)7-12(21)17-14(8-24-4-1-18,9-25-5-2-19)10-26-6-3-20/h11,18-20H,1-10,27H2,(H,17,21)(H,22,23). The molecular weight excluding hydrogens is 495 g/mol. The second-order valence-corrected chi connectivity index (χ2v) is 9.26. The molecule has 13 heteroatoms. The van der Waals surface area contributed by atoms with E-state index in [0.717, 1.165) is 0 Å². The van der Waals surface area contributed by atoms with E-state index in [1.54, 1.807) is 0 Å². The lowest BCUT2D eigenvalue weighted by Crippen LogP contribution is -2.59. The molecule has 0 aromatic carbocycles. The molecule has 0 aliphatic carbocycles. The number of carbonyl (C=O) groups excluding carboxylic acids is 1. The fraction of sp³-hybridized carbons (Fsp3) is 0.857. The first kappa shape index (κ1) is 26.9. The van der Waals surface area contributed by atoms with Crippen molar-refractivity contribution in [2.24, 2.45) is 0 Å². The highest BCUT2D eigenvalue weighted by atomic mass is 127. The normalized spacial score (nSPS) is 12.6. The number of hydrogen-bond acceptors (Lipinski definition) is 8. The zero-order chi connectivity index (χ0) is 20.7. The summed E-state index contributed by atoms with van der Waals surface area (Å²) in [5.41, 5.74) is -1.17. The van der Waals surface area contributed by atoms with Gasteiger partial charge < -0.3 is 40.0 Å². The van der Waals surface area contributed by atoms with Crippen molar-refractivity contribution in [1.29, 1.82) is 0 Å². The van der Waals surface area contributed by atoms with Gasteiger partial charge in [0.05, 0.1) is 65.3 Å². The van der Waals surface area contributed by atoms with E-state index in [9.17, 15) is 14.7 Å². The Labute approximate surface area is 174 Å². The average Bonchev–Trinajstić information content (AvgIpc) is 2.60. The van der Waals surface area contributed by atoms with Gasteiger partial charge in [-0.15, -0.1) is 22.4 Å². The van der Waals surface area contributed by atoms with Gasteiger partial charge >= 0.3 is 5.97 Å². The van der Waals surface area contributed by atoms with Crippen LogP contribution in [0, 0.1) is 0 Å². The fourth-order valence-electron chi connectivity index (χ4n) is 2.11. The number of amides is 1. The number of carboxylic acids is 1. The van der Waals surface area contributed by atoms with E-state index in [2.05, 4.69) is 14.4 Å². The van der Waals surface area contributed by atoms with Gasteiger partial charge in [-0.25, -0.2) is 0 Å². The van der Waals surface area contributed by atoms with E-state index in [4.69, 9.17) is 29.5 Å². The summed E-state index contributed by atoms with van der Waals surface area (Å²) >= 11 is 1.92. The van der Waals surface area contributed by atoms with Gasteiger partial charge in [-0.05, 0) is 0 Å². The monoisotopic (exact) mass is 523 g/mol. The minimum absolute atomic E-state index is 0.0246. The van der Waals surface area contributed by atoms with Crippen LogP contribution < -0.4 is 5.32 Å². The van der Waals surface area contributed by atoms with E-state index in [1.807, 2.05) is 22.4 Å². The number of aliphatic hydroxyl groups is 3. The first-order valence-corrected chi connectivity index (χ1v) is 10.2. The van der Waals surface area contributed by atoms with Crippen LogP contribution in [0.3, 0.4) is 0 Å². The maximum absolute atomic E-state index is 12.5. The van der Waals surface area contributed by atoms with Gasteiger partial charge in [-0.1, -0.05) is 0 Å². The molecule has 0 aliphatic rings. The van der Waals surface area contributed by atoms with Crippen molar-refractivity contribution in [2.45, 2.75) is 17.8 Å². The van der Waals surface area contributed by atoms with Crippen molar-refractivity contribution in [2.75, 3.05) is 59.5 Å². The van der Waals surface area contributed by atoms with Crippen LogP contribution in [0.15, 0.2) is 0 Å². The van der Waals surface area contributed by atoms with Crippen molar-refractivity contribution < 1.29 is 44.2 Å². The molecule has 0 aromatic heterocycles. The van der Waals surface area contributed by atoms with Gasteiger partial charge in [-0.3, -0.25) is 9.59 Å². The van der Waals surface area contributed by atoms with Crippen molar-refractivity contribution in [3.8, 4) is 0 Å². The third-order valence-corrected chi connectivity index (χ3v) is 4.69. The van der Waals surface area contributed by atoms with Crippen LogP contribution in [-0.2, 0) is 23.8 Å². The maximum Gasteiger partial charge on any atom is 0.300 e. The largest absolute Gasteiger partial charge is 0.481 e. The zero-order valence-electron chi connectivity index (χ0n) is 15.0. The molecule has 0 fully saturated rings. The quantitative estimate of drug-likeness (QED) is 0.0665. The second-order valence-electron chi connectivity index (χ2n) is 5.75. The fourth-order valence-corrected chi connectivity index (χ4v) is 2.97. The molecule has 0 heterocycles. The predicted octanol–water partition coefficient (Wildman–Crippen LogP) is -1.49. The van der Waals surface area contributed by atoms with Crippen LogP contribution in [0.5, 0.6) is 0 Å². The summed E-state index contributed by atoms with van der Waals surface area (Å²) < 4.78 is 15.7. The third kappa shape index (κ3) is 12.2. The highest BCUT2D eigenvalue weighted by Crippen LogP contribution is 2.25. The molecule has 0 saturated carbocycles. The van der Waals surface area contributed by atoms with Gasteiger partial charge in [-0.2, -0.15) is 9.12 Å². The van der Waals surface area contributed by atoms with Crippen LogP contribution >= 0.6 is 31.5 Å². The number of carbonyl (C=O) groups is 2. The highest BCUT2D eigenvalue weighted by Gasteiger charge is 2.36. The Hall–Kier alpha value is -0.0751. The Morgan fingerprint density at radius 1 is 1.00 bits per heavy atom. The Bertz CT molecular complexity index is 407. The SMILES string of the molecule is O=C(CC(B(P)I)C(=O)O)NC(COCCO)(COCCO)COCCO. The van der Waals surface area contributed by atoms with Crippen LogP contribution in [0.4, 0.5) is 0 Å². The molecule has 10 nitrogen and oxygen atoms in total. The van der Waals surface area contributed by atoms with Crippen LogP contribution in [0.25, 0.3) is 0 Å². The Kier molecular flexibility index (Phi) is 15.8. The molecule has 0 spiro atoms. The number of ether oxygens (including phenoxy) is 3. The second kappa shape index (κ2) is 15.8. The summed E-state index contributed by atoms with van der Waals surface area (Å²) in [6.45, 7) is -0.783. The predicted molar refractivity (Wildman–Crippen MR) is 110 cm³/mol. The first-order valence-electron chi connectivity index (χ1n) is 8.31. The van der Waals surface area contributed by atoms with Gasteiger partial charge in [0.15, 0.2) is 0 Å². The van der Waals surface area contributed by atoms with E-state index in [0.29, 0.717) is 0 Å². The molecule has 0 rings (SSSR count). The van der Waals surface area contributed by atoms with E-state index in [-0.39, 0.29) is 70.2 Å². The molecule has 1 amide bonds. The smallest absolute Gasteiger partial charge is 0.300 e. The summed E-state index contributed by atoms with van der Waals surface area (Å²) in [6.07, 6.45) is -0.256. The summed E-state index contributed by atoms with van der Waals surface area (Å²) in [6, 6.07) is 0. The van der Waals surface area contributed by atoms with E-state index < -0.39 is 23.2 Å². The first-order chi connectivity index (χ1) is 12.8. The average molecular weight is 523 g/mol. The number of rotatable bonds is 17. The minimum Gasteiger partial charge on any atom is -0.481 e. The van der Waals surface area contributed by atoms with Crippen LogP contribution in [0.1, 0.15) is 6.42 Å². The molecule has 27 heavy (non-hydrogen) atoms. The summed E-state index contributed by atoms with van der Waals surface area (Å²) in [5, 5.41) is 38.7. The van der Waals surface area contributed by atoms with Gasteiger partial charge in [0, 0.05) is 6.42 Å². The van der Waals surface area contributed by atoms with E-state index >= 15 is 0 Å². The molecule has 0 radical (unpaired) electrons. The topological polar surface area (TPSA) is 155 Å². The molecule has 0 aliphatic heterocycles. The van der Waals surface area contributed by atoms with Crippen molar-refractivity contribution in [3.05, 3.63) is 0 Å².